The van der Waals surface area contributed by atoms with Crippen LogP contribution in [0.3, 0.4) is 0 Å². The first-order valence-corrected chi connectivity index (χ1v) is 6.72. The van der Waals surface area contributed by atoms with Gasteiger partial charge in [0.15, 0.2) is 0 Å². The van der Waals surface area contributed by atoms with Crippen molar-refractivity contribution in [1.82, 2.24) is 4.90 Å². The van der Waals surface area contributed by atoms with E-state index in [1.54, 1.807) is 0 Å². The zero-order valence-electron chi connectivity index (χ0n) is 12.8. The molecule has 0 fully saturated rings. The first kappa shape index (κ1) is 16.9. The molecule has 7 heteroatoms. The summed E-state index contributed by atoms with van der Waals surface area (Å²) < 4.78 is 0. The van der Waals surface area contributed by atoms with Gasteiger partial charge < -0.3 is 16.0 Å². The number of nitrogens with two attached hydrogens (primary N) is 1. The minimum absolute atomic E-state index is 0.0538. The van der Waals surface area contributed by atoms with Gasteiger partial charge in [-0.2, -0.15) is 0 Å². The molecule has 0 radical (unpaired) electrons. The Bertz CT molecular complexity index is 529. The predicted octanol–water partition coefficient (Wildman–Crippen LogP) is 1.69. The van der Waals surface area contributed by atoms with Gasteiger partial charge in [-0.05, 0) is 32.1 Å². The second-order valence-corrected chi connectivity index (χ2v) is 5.61. The number of primary amides is 1. The number of carbonyl (C=O) groups is 1. The molecule has 0 aliphatic heterocycles. The molecule has 116 valence electrons. The monoisotopic (exact) mass is 294 g/mol. The van der Waals surface area contributed by atoms with E-state index in [1.165, 1.54) is 18.2 Å². The Morgan fingerprint density at radius 1 is 1.43 bits per heavy atom. The van der Waals surface area contributed by atoms with Crippen molar-refractivity contribution in [3.05, 3.63) is 33.9 Å². The summed E-state index contributed by atoms with van der Waals surface area (Å²) in [5.74, 6) is -0.388. The third-order valence-corrected chi connectivity index (χ3v) is 3.19. The summed E-state index contributed by atoms with van der Waals surface area (Å²) in [6, 6.07) is 4.28. The standard InChI is InChI=1S/C14H22N4O3/c1-9(2)12(8-17(3)4)16-11-6-5-10(14(15)19)7-13(11)18(20)21/h5-7,9,12,16H,8H2,1-4H3,(H2,15,19). The molecular formula is C14H22N4O3. The van der Waals surface area contributed by atoms with Crippen LogP contribution in [0.15, 0.2) is 18.2 Å². The Labute approximate surface area is 124 Å². The molecule has 0 spiro atoms. The molecule has 21 heavy (non-hydrogen) atoms. The Morgan fingerprint density at radius 2 is 2.05 bits per heavy atom. The van der Waals surface area contributed by atoms with Crippen LogP contribution in [-0.2, 0) is 0 Å². The molecule has 1 aromatic carbocycles. The van der Waals surface area contributed by atoms with Crippen LogP contribution in [0.1, 0.15) is 24.2 Å². The molecule has 7 nitrogen and oxygen atoms in total. The van der Waals surface area contributed by atoms with Gasteiger partial charge >= 0.3 is 0 Å². The molecule has 1 rings (SSSR count). The van der Waals surface area contributed by atoms with Crippen molar-refractivity contribution in [3.63, 3.8) is 0 Å². The predicted molar refractivity (Wildman–Crippen MR) is 82.4 cm³/mol. The Hall–Kier alpha value is -2.15. The molecule has 0 bridgehead atoms. The fourth-order valence-electron chi connectivity index (χ4n) is 1.97. The zero-order valence-corrected chi connectivity index (χ0v) is 12.8. The number of nitro groups is 1. The highest BCUT2D eigenvalue weighted by molar-refractivity contribution is 5.94. The van der Waals surface area contributed by atoms with Crippen LogP contribution in [0.2, 0.25) is 0 Å². The highest BCUT2D eigenvalue weighted by Crippen LogP contribution is 2.27. The minimum atomic E-state index is -0.682. The van der Waals surface area contributed by atoms with Gasteiger partial charge in [0, 0.05) is 24.2 Å². The largest absolute Gasteiger partial charge is 0.375 e. The molecule has 0 aromatic heterocycles. The average Bonchev–Trinajstić information content (AvgIpc) is 2.37. The molecule has 1 amide bonds. The second kappa shape index (κ2) is 7.03. The summed E-state index contributed by atoms with van der Waals surface area (Å²) in [6.45, 7) is 4.84. The first-order valence-electron chi connectivity index (χ1n) is 6.72. The van der Waals surface area contributed by atoms with Gasteiger partial charge in [0.1, 0.15) is 5.69 Å². The van der Waals surface area contributed by atoms with Crippen molar-refractivity contribution in [1.29, 1.82) is 0 Å². The van der Waals surface area contributed by atoms with E-state index in [2.05, 4.69) is 5.32 Å². The van der Waals surface area contributed by atoms with E-state index in [0.29, 0.717) is 11.6 Å². The summed E-state index contributed by atoms with van der Waals surface area (Å²) >= 11 is 0. The molecule has 3 N–H and O–H groups in total. The summed E-state index contributed by atoms with van der Waals surface area (Å²) in [4.78, 5) is 23.8. The van der Waals surface area contributed by atoms with Crippen LogP contribution in [-0.4, -0.2) is 42.4 Å². The van der Waals surface area contributed by atoms with Crippen LogP contribution in [0.4, 0.5) is 11.4 Å². The lowest BCUT2D eigenvalue weighted by Gasteiger charge is -2.26. The van der Waals surface area contributed by atoms with E-state index in [-0.39, 0.29) is 17.3 Å². The summed E-state index contributed by atoms with van der Waals surface area (Å²) in [5.41, 5.74) is 5.54. The number of hydrogen-bond donors (Lipinski definition) is 2. The Morgan fingerprint density at radius 3 is 2.48 bits per heavy atom. The van der Waals surface area contributed by atoms with Gasteiger partial charge in [-0.25, -0.2) is 0 Å². The first-order chi connectivity index (χ1) is 9.72. The van der Waals surface area contributed by atoms with Gasteiger partial charge in [-0.3, -0.25) is 14.9 Å². The van der Waals surface area contributed by atoms with Crippen molar-refractivity contribution >= 4 is 17.3 Å². The molecule has 1 atom stereocenters. The van der Waals surface area contributed by atoms with Gasteiger partial charge in [0.25, 0.3) is 5.69 Å². The minimum Gasteiger partial charge on any atom is -0.375 e. The van der Waals surface area contributed by atoms with Crippen molar-refractivity contribution < 1.29 is 9.72 Å². The molecule has 0 aliphatic carbocycles. The second-order valence-electron chi connectivity index (χ2n) is 5.61. The van der Waals surface area contributed by atoms with Crippen LogP contribution in [0.5, 0.6) is 0 Å². The third kappa shape index (κ3) is 4.71. The fourth-order valence-corrected chi connectivity index (χ4v) is 1.97. The smallest absolute Gasteiger partial charge is 0.293 e. The molecule has 0 heterocycles. The lowest BCUT2D eigenvalue weighted by atomic mass is 10.0. The van der Waals surface area contributed by atoms with Crippen molar-refractivity contribution in [2.45, 2.75) is 19.9 Å². The number of nitrogens with zero attached hydrogens (tertiary/aromatic N) is 2. The quantitative estimate of drug-likeness (QED) is 0.588. The van der Waals surface area contributed by atoms with E-state index in [4.69, 9.17) is 5.73 Å². The maximum absolute atomic E-state index is 11.2. The molecule has 0 saturated heterocycles. The van der Waals surface area contributed by atoms with Crippen molar-refractivity contribution in [2.75, 3.05) is 26.0 Å². The van der Waals surface area contributed by atoms with Crippen LogP contribution in [0, 0.1) is 16.0 Å². The lowest BCUT2D eigenvalue weighted by Crippen LogP contribution is -2.36. The van der Waals surface area contributed by atoms with E-state index in [1.807, 2.05) is 32.8 Å². The fraction of sp³-hybridized carbons (Fsp3) is 0.500. The van der Waals surface area contributed by atoms with Crippen LogP contribution >= 0.6 is 0 Å². The van der Waals surface area contributed by atoms with E-state index < -0.39 is 10.8 Å². The summed E-state index contributed by atoms with van der Waals surface area (Å²) in [5, 5.41) is 14.4. The van der Waals surface area contributed by atoms with Gasteiger partial charge in [0.05, 0.1) is 4.92 Å². The van der Waals surface area contributed by atoms with Crippen molar-refractivity contribution in [3.8, 4) is 0 Å². The highest BCUT2D eigenvalue weighted by atomic mass is 16.6. The number of carbonyl (C=O) groups excluding carboxylic acids is 1. The number of hydrogen-bond acceptors (Lipinski definition) is 5. The zero-order chi connectivity index (χ0) is 16.2. The number of likely N-dealkylation sites (N-methyl/N-ethyl adjacent to an activating group) is 1. The molecule has 0 aliphatic rings. The van der Waals surface area contributed by atoms with E-state index in [0.717, 1.165) is 6.54 Å². The maximum atomic E-state index is 11.2. The molecule has 1 unspecified atom stereocenters. The van der Waals surface area contributed by atoms with Crippen LogP contribution in [0.25, 0.3) is 0 Å². The number of anilines is 1. The number of amides is 1. The maximum Gasteiger partial charge on any atom is 0.293 e. The Balaban J connectivity index is 3.11. The van der Waals surface area contributed by atoms with Gasteiger partial charge in [-0.1, -0.05) is 13.8 Å². The molecule has 1 aromatic rings. The van der Waals surface area contributed by atoms with Crippen molar-refractivity contribution in [2.24, 2.45) is 11.7 Å². The SMILES string of the molecule is CC(C)C(CN(C)C)Nc1ccc(C(N)=O)cc1[N+](=O)[O-]. The van der Waals surface area contributed by atoms with Gasteiger partial charge in [0.2, 0.25) is 5.91 Å². The Kier molecular flexibility index (Phi) is 5.66. The van der Waals surface area contributed by atoms with Gasteiger partial charge in [-0.15, -0.1) is 0 Å². The topological polar surface area (TPSA) is 102 Å². The summed E-state index contributed by atoms with van der Waals surface area (Å²) in [7, 11) is 3.89. The number of nitrogens with one attached hydrogen (secondary N) is 1. The van der Waals surface area contributed by atoms with Crippen LogP contribution < -0.4 is 11.1 Å². The van der Waals surface area contributed by atoms with E-state index in [9.17, 15) is 14.9 Å². The molecular weight excluding hydrogens is 272 g/mol. The summed E-state index contributed by atoms with van der Waals surface area (Å²) in [6.07, 6.45) is 0. The average molecular weight is 294 g/mol. The highest BCUT2D eigenvalue weighted by Gasteiger charge is 2.21. The lowest BCUT2D eigenvalue weighted by molar-refractivity contribution is -0.384. The number of nitro benzene ring substituents is 1. The number of benzene rings is 1. The third-order valence-electron chi connectivity index (χ3n) is 3.19. The molecule has 0 saturated carbocycles. The van der Waals surface area contributed by atoms with E-state index >= 15 is 0 Å². The number of rotatable bonds is 7. The normalized spacial score (nSPS) is 12.5.